The number of fused-ring (bicyclic) bond motifs is 1. The van der Waals surface area contributed by atoms with Crippen molar-refractivity contribution >= 4 is 15.9 Å². The second-order valence-electron chi connectivity index (χ2n) is 4.17. The lowest BCUT2D eigenvalue weighted by Gasteiger charge is -2.26. The Kier molecular flexibility index (Phi) is 2.45. The van der Waals surface area contributed by atoms with Crippen LogP contribution in [0.5, 0.6) is 0 Å². The SMILES string of the molecule is CC(C)C1CCn2cnc(Br)c2C1. The maximum absolute atomic E-state index is 4.27. The van der Waals surface area contributed by atoms with E-state index in [0.29, 0.717) is 0 Å². The first-order valence-electron chi connectivity index (χ1n) is 4.88. The molecule has 0 radical (unpaired) electrons. The van der Waals surface area contributed by atoms with Gasteiger partial charge in [-0.1, -0.05) is 13.8 Å². The third kappa shape index (κ3) is 1.66. The Morgan fingerprint density at radius 1 is 1.62 bits per heavy atom. The normalized spacial score (nSPS) is 22.0. The standard InChI is InChI=1S/C10H15BrN2/c1-7(2)8-3-4-13-6-12-10(11)9(13)5-8/h6-8H,3-5H2,1-2H3. The van der Waals surface area contributed by atoms with Crippen LogP contribution >= 0.6 is 15.9 Å². The molecule has 1 aliphatic heterocycles. The Balaban J connectivity index is 2.22. The molecule has 0 amide bonds. The van der Waals surface area contributed by atoms with Gasteiger partial charge in [-0.25, -0.2) is 4.98 Å². The molecular formula is C10H15BrN2. The van der Waals surface area contributed by atoms with Crippen molar-refractivity contribution in [2.24, 2.45) is 11.8 Å². The number of rotatable bonds is 1. The highest BCUT2D eigenvalue weighted by molar-refractivity contribution is 9.10. The first-order chi connectivity index (χ1) is 6.18. The lowest BCUT2D eigenvalue weighted by atomic mass is 9.86. The van der Waals surface area contributed by atoms with Gasteiger partial charge in [0.15, 0.2) is 0 Å². The van der Waals surface area contributed by atoms with Crippen molar-refractivity contribution in [3.8, 4) is 0 Å². The van der Waals surface area contributed by atoms with Gasteiger partial charge in [-0.15, -0.1) is 0 Å². The smallest absolute Gasteiger partial charge is 0.127 e. The zero-order chi connectivity index (χ0) is 9.42. The fourth-order valence-electron chi connectivity index (χ4n) is 2.00. The zero-order valence-electron chi connectivity index (χ0n) is 8.13. The molecule has 1 aromatic rings. The third-order valence-corrected chi connectivity index (χ3v) is 3.70. The Bertz CT molecular complexity index is 304. The number of hydrogen-bond donors (Lipinski definition) is 0. The molecule has 0 N–H and O–H groups in total. The number of nitrogens with zero attached hydrogens (tertiary/aromatic N) is 2. The van der Waals surface area contributed by atoms with Crippen LogP contribution in [0.2, 0.25) is 0 Å². The van der Waals surface area contributed by atoms with Gasteiger partial charge in [-0.2, -0.15) is 0 Å². The predicted octanol–water partition coefficient (Wildman–Crippen LogP) is 2.86. The van der Waals surface area contributed by atoms with Gasteiger partial charge in [0, 0.05) is 6.54 Å². The van der Waals surface area contributed by atoms with Crippen LogP contribution in [0.25, 0.3) is 0 Å². The quantitative estimate of drug-likeness (QED) is 0.741. The van der Waals surface area contributed by atoms with E-state index in [1.54, 1.807) is 0 Å². The summed E-state index contributed by atoms with van der Waals surface area (Å²) >= 11 is 3.50. The average Bonchev–Trinajstić information content (AvgIpc) is 2.47. The third-order valence-electron chi connectivity index (χ3n) is 3.03. The summed E-state index contributed by atoms with van der Waals surface area (Å²) in [6.07, 6.45) is 4.42. The number of aryl methyl sites for hydroxylation is 1. The lowest BCUT2D eigenvalue weighted by Crippen LogP contribution is -2.22. The summed E-state index contributed by atoms with van der Waals surface area (Å²) in [4.78, 5) is 4.27. The summed E-state index contributed by atoms with van der Waals surface area (Å²) in [5.74, 6) is 1.62. The highest BCUT2D eigenvalue weighted by Crippen LogP contribution is 2.29. The highest BCUT2D eigenvalue weighted by atomic mass is 79.9. The number of halogens is 1. The van der Waals surface area contributed by atoms with Gasteiger partial charge in [0.05, 0.1) is 12.0 Å². The van der Waals surface area contributed by atoms with Crippen molar-refractivity contribution in [2.75, 3.05) is 0 Å². The van der Waals surface area contributed by atoms with Crippen LogP contribution in [-0.2, 0) is 13.0 Å². The summed E-state index contributed by atoms with van der Waals surface area (Å²) in [6.45, 7) is 5.76. The molecule has 2 rings (SSSR count). The molecule has 0 aromatic carbocycles. The molecule has 1 unspecified atom stereocenters. The highest BCUT2D eigenvalue weighted by Gasteiger charge is 2.23. The van der Waals surface area contributed by atoms with E-state index >= 15 is 0 Å². The van der Waals surface area contributed by atoms with E-state index in [-0.39, 0.29) is 0 Å². The van der Waals surface area contributed by atoms with E-state index < -0.39 is 0 Å². The van der Waals surface area contributed by atoms with Gasteiger partial charge in [-0.05, 0) is 40.6 Å². The first kappa shape index (κ1) is 9.25. The molecule has 1 aromatic heterocycles. The molecular weight excluding hydrogens is 228 g/mol. The Morgan fingerprint density at radius 3 is 3.08 bits per heavy atom. The lowest BCUT2D eigenvalue weighted by molar-refractivity contribution is 0.302. The summed E-state index contributed by atoms with van der Waals surface area (Å²) in [6, 6.07) is 0. The maximum atomic E-state index is 4.27. The van der Waals surface area contributed by atoms with Crippen molar-refractivity contribution < 1.29 is 0 Å². The molecule has 0 aliphatic carbocycles. The van der Waals surface area contributed by atoms with E-state index in [1.807, 2.05) is 6.33 Å². The van der Waals surface area contributed by atoms with Crippen molar-refractivity contribution in [3.63, 3.8) is 0 Å². The fourth-order valence-corrected chi connectivity index (χ4v) is 2.48. The molecule has 0 saturated carbocycles. The maximum Gasteiger partial charge on any atom is 0.127 e. The minimum Gasteiger partial charge on any atom is -0.333 e. The minimum absolute atomic E-state index is 0.788. The Labute approximate surface area is 87.5 Å². The van der Waals surface area contributed by atoms with Crippen LogP contribution in [0.1, 0.15) is 26.0 Å². The molecule has 0 spiro atoms. The van der Waals surface area contributed by atoms with E-state index in [4.69, 9.17) is 0 Å². The van der Waals surface area contributed by atoms with Gasteiger partial charge in [0.2, 0.25) is 0 Å². The van der Waals surface area contributed by atoms with Gasteiger partial charge < -0.3 is 4.57 Å². The topological polar surface area (TPSA) is 17.8 Å². The van der Waals surface area contributed by atoms with Crippen LogP contribution in [0.3, 0.4) is 0 Å². The molecule has 0 bridgehead atoms. The Morgan fingerprint density at radius 2 is 2.38 bits per heavy atom. The average molecular weight is 243 g/mol. The Hall–Kier alpha value is -0.310. The first-order valence-corrected chi connectivity index (χ1v) is 5.67. The van der Waals surface area contributed by atoms with E-state index in [9.17, 15) is 0 Å². The van der Waals surface area contributed by atoms with Crippen molar-refractivity contribution in [1.29, 1.82) is 0 Å². The monoisotopic (exact) mass is 242 g/mol. The van der Waals surface area contributed by atoms with Gasteiger partial charge in [0.1, 0.15) is 4.60 Å². The van der Waals surface area contributed by atoms with Crippen LogP contribution in [0.4, 0.5) is 0 Å². The summed E-state index contributed by atoms with van der Waals surface area (Å²) in [5.41, 5.74) is 1.38. The van der Waals surface area contributed by atoms with Crippen LogP contribution < -0.4 is 0 Å². The fraction of sp³-hybridized carbons (Fsp3) is 0.700. The molecule has 72 valence electrons. The van der Waals surface area contributed by atoms with Crippen LogP contribution in [0.15, 0.2) is 10.9 Å². The number of hydrogen-bond acceptors (Lipinski definition) is 1. The largest absolute Gasteiger partial charge is 0.333 e. The van der Waals surface area contributed by atoms with Gasteiger partial charge in [-0.3, -0.25) is 0 Å². The van der Waals surface area contributed by atoms with E-state index in [0.717, 1.165) is 23.0 Å². The molecule has 13 heavy (non-hydrogen) atoms. The molecule has 2 nitrogen and oxygen atoms in total. The van der Waals surface area contributed by atoms with Gasteiger partial charge >= 0.3 is 0 Å². The molecule has 0 saturated heterocycles. The second-order valence-corrected chi connectivity index (χ2v) is 4.92. The van der Waals surface area contributed by atoms with Crippen molar-refractivity contribution in [2.45, 2.75) is 33.2 Å². The van der Waals surface area contributed by atoms with E-state index in [1.165, 1.54) is 18.5 Å². The van der Waals surface area contributed by atoms with Crippen LogP contribution in [0, 0.1) is 11.8 Å². The summed E-state index contributed by atoms with van der Waals surface area (Å²) in [7, 11) is 0. The minimum atomic E-state index is 0.788. The van der Waals surface area contributed by atoms with Crippen molar-refractivity contribution in [1.82, 2.24) is 9.55 Å². The summed E-state index contributed by atoms with van der Waals surface area (Å²) < 4.78 is 3.31. The zero-order valence-corrected chi connectivity index (χ0v) is 9.71. The predicted molar refractivity (Wildman–Crippen MR) is 56.6 cm³/mol. The molecule has 3 heteroatoms. The molecule has 1 aliphatic rings. The second kappa shape index (κ2) is 3.45. The van der Waals surface area contributed by atoms with E-state index in [2.05, 4.69) is 39.3 Å². The van der Waals surface area contributed by atoms with Crippen LogP contribution in [-0.4, -0.2) is 9.55 Å². The van der Waals surface area contributed by atoms with Gasteiger partial charge in [0.25, 0.3) is 0 Å². The number of aromatic nitrogens is 2. The van der Waals surface area contributed by atoms with Crippen molar-refractivity contribution in [3.05, 3.63) is 16.6 Å². The number of imidazole rings is 1. The molecule has 0 fully saturated rings. The molecule has 2 heterocycles. The molecule has 1 atom stereocenters. The summed E-state index contributed by atoms with van der Waals surface area (Å²) in [5, 5.41) is 0.